The Morgan fingerprint density at radius 3 is 2.18 bits per heavy atom. The smallest absolute Gasteiger partial charge is 0.272 e. The summed E-state index contributed by atoms with van der Waals surface area (Å²) >= 11 is 0. The maximum absolute atomic E-state index is 13.3. The summed E-state index contributed by atoms with van der Waals surface area (Å²) in [6, 6.07) is 21.1. The van der Waals surface area contributed by atoms with Crippen LogP contribution in [0.25, 0.3) is 0 Å². The molecule has 3 heterocycles. The number of fused-ring (bicyclic) bond motifs is 1. The van der Waals surface area contributed by atoms with E-state index in [1.54, 1.807) is 7.11 Å². The molecular formula is C34H41F2N5O4. The van der Waals surface area contributed by atoms with Crippen LogP contribution in [-0.4, -0.2) is 109 Å². The summed E-state index contributed by atoms with van der Waals surface area (Å²) in [6.07, 6.45) is -0.715. The maximum Gasteiger partial charge on any atom is 0.272 e. The van der Waals surface area contributed by atoms with Gasteiger partial charge in [0.2, 0.25) is 17.7 Å². The summed E-state index contributed by atoms with van der Waals surface area (Å²) in [4.78, 5) is 29.0. The summed E-state index contributed by atoms with van der Waals surface area (Å²) in [5, 5.41) is 0. The van der Waals surface area contributed by atoms with Crippen molar-refractivity contribution in [3.05, 3.63) is 83.2 Å². The molecule has 2 aliphatic heterocycles. The summed E-state index contributed by atoms with van der Waals surface area (Å²) in [5.41, 5.74) is 2.99. The monoisotopic (exact) mass is 621 g/mol. The molecule has 1 aromatic heterocycles. The Labute approximate surface area is 263 Å². The van der Waals surface area contributed by atoms with Gasteiger partial charge in [-0.25, -0.2) is 8.78 Å². The van der Waals surface area contributed by atoms with E-state index >= 15 is 0 Å². The second-order valence-electron chi connectivity index (χ2n) is 12.1. The van der Waals surface area contributed by atoms with Crippen LogP contribution < -0.4 is 9.47 Å². The molecule has 1 aliphatic carbocycles. The van der Waals surface area contributed by atoms with Crippen molar-refractivity contribution in [3.8, 4) is 11.8 Å². The largest absolute Gasteiger partial charge is 0.481 e. The van der Waals surface area contributed by atoms with Crippen molar-refractivity contribution >= 4 is 5.91 Å². The van der Waals surface area contributed by atoms with Crippen LogP contribution in [0.15, 0.2) is 60.7 Å². The van der Waals surface area contributed by atoms with Crippen LogP contribution >= 0.6 is 0 Å². The Hall–Kier alpha value is -3.67. The standard InChI is InChI=1S/C34H41F2N5O4/c1-43-22-30(42)40-15-16-41-26(18-40)17-39(20-28(41)31(23-9-5-3-6-10-23)24-11-7-4-8-12-24)19-27-33(44-2)37-32(25-13-14-25)38-34(27)45-21-29(35)36/h3-12,25-26,28-29,31H,13-22H2,1-2H3/t26-,28?/m1/s1. The third-order valence-electron chi connectivity index (χ3n) is 9.00. The molecule has 2 saturated heterocycles. The molecule has 0 radical (unpaired) electrons. The van der Waals surface area contributed by atoms with Crippen molar-refractivity contribution in [1.82, 2.24) is 24.7 Å². The van der Waals surface area contributed by atoms with Gasteiger partial charge in [0.25, 0.3) is 6.43 Å². The summed E-state index contributed by atoms with van der Waals surface area (Å²) in [7, 11) is 3.08. The first-order chi connectivity index (χ1) is 21.9. The van der Waals surface area contributed by atoms with Crippen LogP contribution in [0.4, 0.5) is 8.78 Å². The first-order valence-corrected chi connectivity index (χ1v) is 15.7. The Morgan fingerprint density at radius 2 is 1.58 bits per heavy atom. The molecule has 1 unspecified atom stereocenters. The minimum absolute atomic E-state index is 0.0260. The van der Waals surface area contributed by atoms with E-state index in [0.29, 0.717) is 50.0 Å². The molecular weight excluding hydrogens is 580 g/mol. The molecule has 45 heavy (non-hydrogen) atoms. The van der Waals surface area contributed by atoms with Gasteiger partial charge < -0.3 is 19.1 Å². The van der Waals surface area contributed by atoms with Crippen LogP contribution in [0.3, 0.4) is 0 Å². The van der Waals surface area contributed by atoms with Gasteiger partial charge in [-0.1, -0.05) is 60.7 Å². The highest BCUT2D eigenvalue weighted by atomic mass is 19.3. The molecule has 3 aromatic rings. The van der Waals surface area contributed by atoms with E-state index in [1.807, 2.05) is 17.0 Å². The second kappa shape index (κ2) is 14.2. The van der Waals surface area contributed by atoms with Gasteiger partial charge in [-0.2, -0.15) is 9.97 Å². The topological polar surface area (TPSA) is 80.3 Å². The van der Waals surface area contributed by atoms with Crippen molar-refractivity contribution in [3.63, 3.8) is 0 Å². The number of halogens is 2. The zero-order valence-electron chi connectivity index (χ0n) is 25.9. The van der Waals surface area contributed by atoms with Gasteiger partial charge in [-0.15, -0.1) is 0 Å². The molecule has 6 rings (SSSR count). The highest BCUT2D eigenvalue weighted by Crippen LogP contribution is 2.41. The maximum atomic E-state index is 13.3. The molecule has 0 spiro atoms. The normalized spacial score (nSPS) is 20.8. The number of alkyl halides is 2. The molecule has 1 amide bonds. The van der Waals surface area contributed by atoms with Crippen molar-refractivity contribution in [2.45, 2.75) is 49.7 Å². The number of nitrogens with zero attached hydrogens (tertiary/aromatic N) is 5. The molecule has 9 nitrogen and oxygen atoms in total. The fourth-order valence-corrected chi connectivity index (χ4v) is 6.81. The van der Waals surface area contributed by atoms with Gasteiger partial charge in [-0.05, 0) is 24.0 Å². The highest BCUT2D eigenvalue weighted by Gasteiger charge is 2.43. The third kappa shape index (κ3) is 7.26. The minimum atomic E-state index is -2.63. The Morgan fingerprint density at radius 1 is 0.911 bits per heavy atom. The number of rotatable bonds is 12. The van der Waals surface area contributed by atoms with E-state index in [4.69, 9.17) is 14.2 Å². The van der Waals surface area contributed by atoms with Crippen molar-refractivity contribution in [2.24, 2.45) is 0 Å². The molecule has 0 bridgehead atoms. The molecule has 3 aliphatic rings. The molecule has 240 valence electrons. The number of piperazine rings is 2. The van der Waals surface area contributed by atoms with E-state index in [2.05, 4.69) is 68.3 Å². The average Bonchev–Trinajstić information content (AvgIpc) is 3.91. The van der Waals surface area contributed by atoms with Gasteiger partial charge in [0, 0.05) is 70.3 Å². The molecule has 11 heteroatoms. The van der Waals surface area contributed by atoms with Gasteiger partial charge in [0.15, 0.2) is 6.61 Å². The fraction of sp³-hybridized carbons (Fsp3) is 0.500. The summed E-state index contributed by atoms with van der Waals surface area (Å²) < 4.78 is 43.1. The average molecular weight is 622 g/mol. The molecule has 2 atom stereocenters. The lowest BCUT2D eigenvalue weighted by atomic mass is 9.81. The molecule has 2 aromatic carbocycles. The van der Waals surface area contributed by atoms with Crippen molar-refractivity contribution in [1.29, 1.82) is 0 Å². The van der Waals surface area contributed by atoms with Crippen LogP contribution in [0, 0.1) is 0 Å². The number of hydrogen-bond acceptors (Lipinski definition) is 8. The quantitative estimate of drug-likeness (QED) is 0.298. The number of benzene rings is 2. The molecule has 3 fully saturated rings. The molecule has 1 saturated carbocycles. The number of amides is 1. The minimum Gasteiger partial charge on any atom is -0.481 e. The van der Waals surface area contributed by atoms with Crippen LogP contribution in [0.5, 0.6) is 11.8 Å². The third-order valence-corrected chi connectivity index (χ3v) is 9.00. The van der Waals surface area contributed by atoms with E-state index < -0.39 is 13.0 Å². The van der Waals surface area contributed by atoms with Crippen molar-refractivity contribution in [2.75, 3.05) is 60.2 Å². The Bertz CT molecular complexity index is 1390. The van der Waals surface area contributed by atoms with E-state index in [-0.39, 0.29) is 42.3 Å². The predicted molar refractivity (Wildman–Crippen MR) is 165 cm³/mol. The highest BCUT2D eigenvalue weighted by molar-refractivity contribution is 5.77. The van der Waals surface area contributed by atoms with E-state index in [1.165, 1.54) is 18.2 Å². The number of aromatic nitrogens is 2. The number of carbonyl (C=O) groups excluding carboxylic acids is 1. The predicted octanol–water partition coefficient (Wildman–Crippen LogP) is 4.18. The zero-order valence-corrected chi connectivity index (χ0v) is 25.9. The number of carbonyl (C=O) groups is 1. The lowest BCUT2D eigenvalue weighted by Crippen LogP contribution is -2.67. The fourth-order valence-electron chi connectivity index (χ4n) is 6.81. The van der Waals surface area contributed by atoms with Gasteiger partial charge >= 0.3 is 0 Å². The number of hydrogen-bond donors (Lipinski definition) is 0. The number of methoxy groups -OCH3 is 2. The SMILES string of the molecule is COCC(=O)N1CCN2C(C(c3ccccc3)c3ccccc3)CN(Cc3c(OC)nc(C4CC4)nc3OCC(F)F)C[C@@H]2C1. The van der Waals surface area contributed by atoms with Gasteiger partial charge in [0.05, 0.1) is 12.7 Å². The Balaban J connectivity index is 1.37. The van der Waals surface area contributed by atoms with Crippen LogP contribution in [0.2, 0.25) is 0 Å². The van der Waals surface area contributed by atoms with Crippen LogP contribution in [0.1, 0.15) is 47.2 Å². The number of ether oxygens (including phenoxy) is 3. The molecule has 0 N–H and O–H groups in total. The first-order valence-electron chi connectivity index (χ1n) is 15.7. The van der Waals surface area contributed by atoms with Crippen LogP contribution in [-0.2, 0) is 16.1 Å². The Kier molecular flexibility index (Phi) is 9.87. The van der Waals surface area contributed by atoms with Crippen molar-refractivity contribution < 1.29 is 27.8 Å². The lowest BCUT2D eigenvalue weighted by Gasteiger charge is -2.53. The van der Waals surface area contributed by atoms with E-state index in [9.17, 15) is 13.6 Å². The summed E-state index contributed by atoms with van der Waals surface area (Å²) in [6.45, 7) is 2.93. The summed E-state index contributed by atoms with van der Waals surface area (Å²) in [5.74, 6) is 1.33. The zero-order chi connectivity index (χ0) is 31.3. The van der Waals surface area contributed by atoms with Gasteiger partial charge in [-0.3, -0.25) is 14.6 Å². The first kappa shape index (κ1) is 31.3. The van der Waals surface area contributed by atoms with E-state index in [0.717, 1.165) is 19.4 Å². The van der Waals surface area contributed by atoms with Gasteiger partial charge in [0.1, 0.15) is 12.4 Å². The second-order valence-corrected chi connectivity index (χ2v) is 12.1. The lowest BCUT2D eigenvalue weighted by molar-refractivity contribution is -0.140.